The summed E-state index contributed by atoms with van der Waals surface area (Å²) in [6.45, 7) is 0. The highest BCUT2D eigenvalue weighted by molar-refractivity contribution is 5.81. The molecule has 0 bridgehead atoms. The van der Waals surface area contributed by atoms with Gasteiger partial charge < -0.3 is 14.6 Å². The number of hydrogen-bond donors (Lipinski definition) is 1. The smallest absolute Gasteiger partial charge is 0.132 e. The summed E-state index contributed by atoms with van der Waals surface area (Å²) in [5, 5.41) is 4.16. The SMILES string of the molecule is CNc1cc(Oc2ccc3c(ccn3C)c2)ccn1. The van der Waals surface area contributed by atoms with Crippen molar-refractivity contribution in [1.82, 2.24) is 9.55 Å². The number of nitrogens with one attached hydrogen (secondary N) is 1. The second kappa shape index (κ2) is 4.65. The predicted octanol–water partition coefficient (Wildman–Crippen LogP) is 3.41. The monoisotopic (exact) mass is 253 g/mol. The van der Waals surface area contributed by atoms with E-state index in [0.717, 1.165) is 17.3 Å². The number of anilines is 1. The lowest BCUT2D eigenvalue weighted by atomic mass is 10.2. The van der Waals surface area contributed by atoms with Gasteiger partial charge in [-0.15, -0.1) is 0 Å². The summed E-state index contributed by atoms with van der Waals surface area (Å²) in [6, 6.07) is 11.9. The first-order chi connectivity index (χ1) is 9.26. The van der Waals surface area contributed by atoms with Gasteiger partial charge in [-0.05, 0) is 30.3 Å². The zero-order valence-electron chi connectivity index (χ0n) is 10.9. The number of fused-ring (bicyclic) bond motifs is 1. The van der Waals surface area contributed by atoms with Crippen molar-refractivity contribution in [1.29, 1.82) is 0 Å². The lowest BCUT2D eigenvalue weighted by Gasteiger charge is -2.07. The van der Waals surface area contributed by atoms with E-state index in [2.05, 4.69) is 27.0 Å². The molecule has 2 aromatic heterocycles. The molecule has 19 heavy (non-hydrogen) atoms. The highest BCUT2D eigenvalue weighted by Crippen LogP contribution is 2.26. The van der Waals surface area contributed by atoms with Crippen molar-refractivity contribution in [2.24, 2.45) is 7.05 Å². The number of pyridine rings is 1. The summed E-state index contributed by atoms with van der Waals surface area (Å²) in [5.41, 5.74) is 1.19. The van der Waals surface area contributed by atoms with E-state index < -0.39 is 0 Å². The number of rotatable bonds is 3. The van der Waals surface area contributed by atoms with E-state index in [1.807, 2.05) is 44.6 Å². The molecule has 0 aliphatic rings. The van der Waals surface area contributed by atoms with E-state index in [1.165, 1.54) is 10.9 Å². The molecule has 0 unspecified atom stereocenters. The zero-order valence-corrected chi connectivity index (χ0v) is 10.9. The Bertz CT molecular complexity index is 718. The maximum absolute atomic E-state index is 5.85. The first kappa shape index (κ1) is 11.6. The van der Waals surface area contributed by atoms with Gasteiger partial charge in [0.2, 0.25) is 0 Å². The standard InChI is InChI=1S/C15H15N3O/c1-16-15-10-13(5-7-17-15)19-12-3-4-14-11(9-12)6-8-18(14)2/h3-10H,1-2H3,(H,16,17). The molecule has 4 nitrogen and oxygen atoms in total. The van der Waals surface area contributed by atoms with Crippen molar-refractivity contribution >= 4 is 16.7 Å². The molecule has 0 saturated carbocycles. The van der Waals surface area contributed by atoms with Gasteiger partial charge in [0.1, 0.15) is 17.3 Å². The zero-order chi connectivity index (χ0) is 13.2. The average Bonchev–Trinajstić information content (AvgIpc) is 2.80. The van der Waals surface area contributed by atoms with Crippen molar-refractivity contribution in [3.63, 3.8) is 0 Å². The minimum absolute atomic E-state index is 0.773. The molecule has 1 N–H and O–H groups in total. The Morgan fingerprint density at radius 2 is 1.95 bits per heavy atom. The molecule has 3 aromatic rings. The third-order valence-corrected chi connectivity index (χ3v) is 3.08. The third-order valence-electron chi connectivity index (χ3n) is 3.08. The molecule has 1 aromatic carbocycles. The number of aromatic nitrogens is 2. The quantitative estimate of drug-likeness (QED) is 0.777. The maximum Gasteiger partial charge on any atom is 0.132 e. The van der Waals surface area contributed by atoms with E-state index in [1.54, 1.807) is 6.20 Å². The van der Waals surface area contributed by atoms with Crippen molar-refractivity contribution < 1.29 is 4.74 Å². The van der Waals surface area contributed by atoms with Crippen molar-refractivity contribution in [2.75, 3.05) is 12.4 Å². The average molecular weight is 253 g/mol. The molecule has 0 radical (unpaired) electrons. The van der Waals surface area contributed by atoms with Crippen LogP contribution in [0.2, 0.25) is 0 Å². The Hall–Kier alpha value is -2.49. The Kier molecular flexibility index (Phi) is 2.83. The van der Waals surface area contributed by atoms with Crippen LogP contribution in [0.3, 0.4) is 0 Å². The van der Waals surface area contributed by atoms with Gasteiger partial charge in [-0.2, -0.15) is 0 Å². The first-order valence-electron chi connectivity index (χ1n) is 6.13. The fourth-order valence-electron chi connectivity index (χ4n) is 2.07. The van der Waals surface area contributed by atoms with Gasteiger partial charge in [0.15, 0.2) is 0 Å². The number of ether oxygens (including phenoxy) is 1. The van der Waals surface area contributed by atoms with Gasteiger partial charge in [-0.3, -0.25) is 0 Å². The largest absolute Gasteiger partial charge is 0.457 e. The Labute approximate surface area is 111 Å². The molecule has 0 aliphatic heterocycles. The van der Waals surface area contributed by atoms with Crippen molar-refractivity contribution in [3.8, 4) is 11.5 Å². The van der Waals surface area contributed by atoms with Crippen LogP contribution in [0.1, 0.15) is 0 Å². The van der Waals surface area contributed by atoms with Crippen LogP contribution in [0.4, 0.5) is 5.82 Å². The van der Waals surface area contributed by atoms with Gasteiger partial charge in [-0.1, -0.05) is 0 Å². The van der Waals surface area contributed by atoms with E-state index in [4.69, 9.17) is 4.74 Å². The topological polar surface area (TPSA) is 39.1 Å². The molecular formula is C15H15N3O. The van der Waals surface area contributed by atoms with Gasteiger partial charge in [0.25, 0.3) is 0 Å². The molecule has 0 amide bonds. The second-order valence-electron chi connectivity index (χ2n) is 4.38. The summed E-state index contributed by atoms with van der Waals surface area (Å²) in [5.74, 6) is 2.39. The second-order valence-corrected chi connectivity index (χ2v) is 4.38. The van der Waals surface area contributed by atoms with Crippen LogP contribution in [-0.4, -0.2) is 16.6 Å². The van der Waals surface area contributed by atoms with E-state index in [-0.39, 0.29) is 0 Å². The van der Waals surface area contributed by atoms with E-state index >= 15 is 0 Å². The lowest BCUT2D eigenvalue weighted by Crippen LogP contribution is -1.92. The van der Waals surface area contributed by atoms with Crippen LogP contribution in [0.25, 0.3) is 10.9 Å². The van der Waals surface area contributed by atoms with Crippen LogP contribution < -0.4 is 10.1 Å². The van der Waals surface area contributed by atoms with Crippen molar-refractivity contribution in [2.45, 2.75) is 0 Å². The fourth-order valence-corrected chi connectivity index (χ4v) is 2.07. The van der Waals surface area contributed by atoms with Crippen LogP contribution in [0.15, 0.2) is 48.8 Å². The van der Waals surface area contributed by atoms with Crippen LogP contribution in [0, 0.1) is 0 Å². The van der Waals surface area contributed by atoms with Crippen molar-refractivity contribution in [3.05, 3.63) is 48.8 Å². The maximum atomic E-state index is 5.85. The normalized spacial score (nSPS) is 10.6. The molecule has 0 fully saturated rings. The summed E-state index contributed by atoms with van der Waals surface area (Å²) in [7, 11) is 3.87. The van der Waals surface area contributed by atoms with Gasteiger partial charge in [0, 0.05) is 43.5 Å². The summed E-state index contributed by atoms with van der Waals surface area (Å²) >= 11 is 0. The first-order valence-corrected chi connectivity index (χ1v) is 6.13. The Morgan fingerprint density at radius 1 is 1.11 bits per heavy atom. The Balaban J connectivity index is 1.91. The minimum atomic E-state index is 0.773. The van der Waals surface area contributed by atoms with E-state index in [0.29, 0.717) is 0 Å². The van der Waals surface area contributed by atoms with Gasteiger partial charge in [0.05, 0.1) is 0 Å². The summed E-state index contributed by atoms with van der Waals surface area (Å²) in [4.78, 5) is 4.16. The third kappa shape index (κ3) is 2.25. The van der Waals surface area contributed by atoms with Crippen LogP contribution in [-0.2, 0) is 7.05 Å². The molecule has 0 aliphatic carbocycles. The molecule has 96 valence electrons. The fraction of sp³-hybridized carbons (Fsp3) is 0.133. The number of nitrogens with zero attached hydrogens (tertiary/aromatic N) is 2. The lowest BCUT2D eigenvalue weighted by molar-refractivity contribution is 0.483. The van der Waals surface area contributed by atoms with E-state index in [9.17, 15) is 0 Å². The number of aryl methyl sites for hydroxylation is 1. The van der Waals surface area contributed by atoms with Crippen LogP contribution in [0.5, 0.6) is 11.5 Å². The highest BCUT2D eigenvalue weighted by atomic mass is 16.5. The number of benzene rings is 1. The number of hydrogen-bond acceptors (Lipinski definition) is 3. The summed E-state index contributed by atoms with van der Waals surface area (Å²) < 4.78 is 7.94. The summed E-state index contributed by atoms with van der Waals surface area (Å²) in [6.07, 6.45) is 3.77. The molecule has 3 rings (SSSR count). The Morgan fingerprint density at radius 3 is 2.79 bits per heavy atom. The highest BCUT2D eigenvalue weighted by Gasteiger charge is 2.02. The molecule has 0 saturated heterocycles. The van der Waals surface area contributed by atoms with Crippen LogP contribution >= 0.6 is 0 Å². The molecule has 0 spiro atoms. The molecular weight excluding hydrogens is 238 g/mol. The molecule has 4 heteroatoms. The minimum Gasteiger partial charge on any atom is -0.457 e. The molecule has 0 atom stereocenters. The molecule has 2 heterocycles. The van der Waals surface area contributed by atoms with Gasteiger partial charge >= 0.3 is 0 Å². The van der Waals surface area contributed by atoms with Gasteiger partial charge in [-0.25, -0.2) is 4.98 Å². The predicted molar refractivity (Wildman–Crippen MR) is 76.8 cm³/mol.